The minimum atomic E-state index is -10.7. The molecule has 143 heavy (non-hydrogen) atoms. The number of aliphatic hydroxyl groups excluding tert-OH is 1. The van der Waals surface area contributed by atoms with E-state index in [2.05, 4.69) is 74.1 Å². The fraction of sp³-hybridized carbons (Fsp3) is 0.486. The first kappa shape index (κ1) is 121. The van der Waals surface area contributed by atoms with Gasteiger partial charge < -0.3 is 116 Å². The maximum atomic E-state index is 10.9. The number of halogens is 6. The van der Waals surface area contributed by atoms with Crippen molar-refractivity contribution >= 4 is 14.1 Å². The molecule has 0 amide bonds. The number of allylic oxidation sites excluding steroid dienone is 4. The molecule has 0 bridgehead atoms. The van der Waals surface area contributed by atoms with E-state index in [1.54, 1.807) is 21.3 Å². The predicted molar refractivity (Wildman–Crippen MR) is 551 cm³/mol. The number of unbranched alkanes of at least 4 members (excludes halogenated alkanes) is 10. The van der Waals surface area contributed by atoms with E-state index in [-0.39, 0.29) is 12.9 Å². The van der Waals surface area contributed by atoms with E-state index in [1.807, 2.05) is 146 Å². The number of ether oxygens (including phenoxy) is 21. The van der Waals surface area contributed by atoms with Crippen LogP contribution in [0.15, 0.2) is 208 Å². The molecule has 1 atom stereocenters. The minimum absolute atomic E-state index is 0.0315. The van der Waals surface area contributed by atoms with Gasteiger partial charge in [-0.1, -0.05) is 128 Å². The molecule has 1 aliphatic rings. The Balaban J connectivity index is 0.000000345. The SMILES string of the molecule is C=CCCCOCCOCCOc1ccc(COc2ccc(-c3ccc(C=O)cc3)cc2)cc1OCCOCCOCCCC=C.C=CCCCOCCOCCOc1ccc(COc2ccc(-c3ccc(CNCc4cc(OC)c(OCCCCCCO)c(OC)c4)cc3)cc2)cc1OCCOCCOCCCC=C.COc1cc(CN)cc(C)c1OCCCCCCOC1CCCCO1.F[P-](F)(F)(F)(F)F. The summed E-state index contributed by atoms with van der Waals surface area (Å²) in [6, 6.07) is 51.6. The van der Waals surface area contributed by atoms with Crippen molar-refractivity contribution in [1.29, 1.82) is 0 Å². The van der Waals surface area contributed by atoms with E-state index in [9.17, 15) is 30.0 Å². The first-order valence-electron chi connectivity index (χ1n) is 49.4. The van der Waals surface area contributed by atoms with E-state index < -0.39 is 7.81 Å². The molecular formula is C111H154F6N2O23P-. The monoisotopic (exact) mass is 2030 g/mol. The third-order valence-corrected chi connectivity index (χ3v) is 21.4. The summed E-state index contributed by atoms with van der Waals surface area (Å²) in [5.41, 5.74) is 16.9. The van der Waals surface area contributed by atoms with Gasteiger partial charge in [0, 0.05) is 71.4 Å². The number of nitrogens with one attached hydrogen (secondary N) is 1. The van der Waals surface area contributed by atoms with Gasteiger partial charge in [-0.25, -0.2) is 0 Å². The fourth-order valence-corrected chi connectivity index (χ4v) is 13.9. The van der Waals surface area contributed by atoms with E-state index in [0.29, 0.717) is 224 Å². The van der Waals surface area contributed by atoms with Gasteiger partial charge in [-0.3, -0.25) is 4.79 Å². The summed E-state index contributed by atoms with van der Waals surface area (Å²) < 4.78 is 181. The molecule has 0 aromatic heterocycles. The van der Waals surface area contributed by atoms with Crippen molar-refractivity contribution in [3.8, 4) is 85.5 Å². The van der Waals surface area contributed by atoms with Crippen LogP contribution in [-0.4, -0.2) is 204 Å². The number of aryl methyl sites for hydroxylation is 1. The van der Waals surface area contributed by atoms with Gasteiger partial charge in [0.05, 0.1) is 114 Å². The van der Waals surface area contributed by atoms with Crippen molar-refractivity contribution in [2.75, 3.05) is 187 Å². The van der Waals surface area contributed by atoms with Gasteiger partial charge in [0.25, 0.3) is 0 Å². The molecule has 1 heterocycles. The Morgan fingerprint density at radius 1 is 0.364 bits per heavy atom. The number of hydrogen-bond donors (Lipinski definition) is 3. The zero-order valence-electron chi connectivity index (χ0n) is 84.2. The molecule has 8 aromatic carbocycles. The number of rotatable bonds is 77. The number of carbonyl (C=O) groups is 1. The summed E-state index contributed by atoms with van der Waals surface area (Å²) in [5, 5.41) is 12.5. The van der Waals surface area contributed by atoms with Crippen molar-refractivity contribution in [3.63, 3.8) is 0 Å². The summed E-state index contributed by atoms with van der Waals surface area (Å²) >= 11 is 0. The summed E-state index contributed by atoms with van der Waals surface area (Å²) in [6.07, 6.45) is 27.6. The second kappa shape index (κ2) is 72.9. The number of carbonyl (C=O) groups excluding carboxylic acids is 1. The van der Waals surface area contributed by atoms with Crippen molar-refractivity contribution in [1.82, 2.24) is 5.32 Å². The first-order valence-corrected chi connectivity index (χ1v) is 51.5. The molecule has 0 aliphatic carbocycles. The summed E-state index contributed by atoms with van der Waals surface area (Å²) in [5.74, 6) is 7.51. The van der Waals surface area contributed by atoms with Crippen LogP contribution in [0, 0.1) is 6.92 Å². The van der Waals surface area contributed by atoms with Gasteiger partial charge in [-0.2, -0.15) is 0 Å². The molecule has 1 unspecified atom stereocenters. The second-order valence-electron chi connectivity index (χ2n) is 33.1. The molecule has 9 rings (SSSR count). The Bertz CT molecular complexity index is 4700. The van der Waals surface area contributed by atoms with E-state index in [4.69, 9.17) is 110 Å². The molecule has 4 N–H and O–H groups in total. The van der Waals surface area contributed by atoms with Crippen LogP contribution in [0.5, 0.6) is 63.2 Å². The Hall–Kier alpha value is -10.3. The topological polar surface area (TPSA) is 269 Å². The molecule has 0 spiro atoms. The van der Waals surface area contributed by atoms with Gasteiger partial charge in [-0.05, 0) is 238 Å². The van der Waals surface area contributed by atoms with Crippen molar-refractivity contribution in [2.45, 2.75) is 168 Å². The molecule has 794 valence electrons. The average molecular weight is 2030 g/mol. The zero-order chi connectivity index (χ0) is 103. The first-order chi connectivity index (χ1) is 69.5. The molecular weight excluding hydrogens is 1870 g/mol. The number of benzene rings is 8. The average Bonchev–Trinajstić information content (AvgIpc) is 0.786. The van der Waals surface area contributed by atoms with Crippen LogP contribution in [0.3, 0.4) is 0 Å². The molecule has 1 aliphatic heterocycles. The number of nitrogens with two attached hydrogens (primary N) is 1. The Morgan fingerprint density at radius 2 is 0.706 bits per heavy atom. The Labute approximate surface area is 842 Å². The summed E-state index contributed by atoms with van der Waals surface area (Å²) in [4.78, 5) is 10.9. The third-order valence-electron chi connectivity index (χ3n) is 21.4. The van der Waals surface area contributed by atoms with Gasteiger partial charge in [0.2, 0.25) is 5.75 Å². The number of hydrogen-bond acceptors (Lipinski definition) is 25. The van der Waals surface area contributed by atoms with Crippen molar-refractivity contribution in [2.24, 2.45) is 5.73 Å². The zero-order valence-corrected chi connectivity index (χ0v) is 85.1. The molecule has 0 radical (unpaired) electrons. The van der Waals surface area contributed by atoms with Crippen molar-refractivity contribution < 1.29 is 135 Å². The van der Waals surface area contributed by atoms with Crippen LogP contribution < -0.4 is 63.2 Å². The van der Waals surface area contributed by atoms with Gasteiger partial charge >= 0.3 is 33.0 Å². The Kier molecular flexibility index (Phi) is 61.8. The number of methoxy groups -OCH3 is 3. The predicted octanol–water partition coefficient (Wildman–Crippen LogP) is 24.8. The van der Waals surface area contributed by atoms with Gasteiger partial charge in [-0.15, -0.1) is 26.3 Å². The summed E-state index contributed by atoms with van der Waals surface area (Å²) in [6.45, 7) is 32.8. The quantitative estimate of drug-likeness (QED) is 0.0105. The van der Waals surface area contributed by atoms with Crippen LogP contribution in [0.4, 0.5) is 25.2 Å². The van der Waals surface area contributed by atoms with Crippen LogP contribution >= 0.6 is 7.81 Å². The van der Waals surface area contributed by atoms with E-state index in [0.717, 1.165) is 202 Å². The second-order valence-corrected chi connectivity index (χ2v) is 35.0. The molecule has 1 fully saturated rings. The molecule has 0 saturated carbocycles. The summed E-state index contributed by atoms with van der Waals surface area (Å²) in [7, 11) is -5.71. The normalized spacial score (nSPS) is 12.7. The van der Waals surface area contributed by atoms with Gasteiger partial charge in [0.15, 0.2) is 52.3 Å². The van der Waals surface area contributed by atoms with Crippen LogP contribution in [-0.2, 0) is 80.2 Å². The molecule has 32 heteroatoms. The van der Waals surface area contributed by atoms with Crippen LogP contribution in [0.1, 0.15) is 166 Å². The number of aldehydes is 1. The van der Waals surface area contributed by atoms with Crippen LogP contribution in [0.25, 0.3) is 22.3 Å². The molecule has 1 saturated heterocycles. The third kappa shape index (κ3) is 57.2. The Morgan fingerprint density at radius 3 is 1.09 bits per heavy atom. The number of aliphatic hydroxyl groups is 1. The van der Waals surface area contributed by atoms with Gasteiger partial charge in [0.1, 0.15) is 57.4 Å². The van der Waals surface area contributed by atoms with Crippen molar-refractivity contribution in [3.05, 3.63) is 247 Å². The maximum absolute atomic E-state index is 10.9. The molecule has 8 aromatic rings. The molecule has 25 nitrogen and oxygen atoms in total. The van der Waals surface area contributed by atoms with Crippen LogP contribution in [0.2, 0.25) is 0 Å². The van der Waals surface area contributed by atoms with E-state index >= 15 is 0 Å². The fourth-order valence-electron chi connectivity index (χ4n) is 13.9. The standard InChI is InChI=1S/C53H73NO11.C38H48O8.C20H33NO4.F6P/c1-5-7-12-26-58-29-31-60-33-35-62-49-24-17-44(37-50(49)63-36-34-61-32-30-59-27-13-8-6-2)42-65-48-22-20-47(21-23-48)46-18-15-43(16-19-46)40-54-41-45-38-51(56-3)53(52(39-45)57-4)64-28-14-10-9-11-25-55;1-3-5-7-19-40-21-23-42-25-27-44-37-18-11-33(29-38(37)45-28-26-43-24-22-41-20-8-6-4-2)31-46-36-16-14-35(15-17-36)34-12-9-32(30-39)10-13-34;1-16-13-17(15-21)14-18(22-2)20(16)25-12-7-4-3-6-10-23-19-9-5-8-11-24-19;1-7(2,3,4,5)6/h5-6,15-24,37-39,54-55H,1-2,7-14,25-36,40-42H2,3-4H3;3-4,9-18,29-30H,1-2,5-8,19-28,31H2;13-14,19H,3-12,15,21H2,1-2H3;/q;;;-1. The van der Waals surface area contributed by atoms with E-state index in [1.165, 1.54) is 18.4 Å².